The van der Waals surface area contributed by atoms with Gasteiger partial charge in [0.2, 0.25) is 17.7 Å². The van der Waals surface area contributed by atoms with E-state index in [9.17, 15) is 23.6 Å². The molecule has 3 aromatic carbocycles. The number of fused-ring (bicyclic) bond motifs is 2. The summed E-state index contributed by atoms with van der Waals surface area (Å²) in [5.41, 5.74) is 2.64. The maximum atomic E-state index is 14.0. The molecule has 1 N–H and O–H groups in total. The lowest BCUT2D eigenvalue weighted by Crippen LogP contribution is -2.33. The van der Waals surface area contributed by atoms with Crippen molar-refractivity contribution in [3.05, 3.63) is 103 Å². The minimum absolute atomic E-state index is 0.294. The van der Waals surface area contributed by atoms with Gasteiger partial charge in [-0.1, -0.05) is 51.2 Å². The van der Waals surface area contributed by atoms with Crippen molar-refractivity contribution < 1.29 is 18.8 Å². The zero-order chi connectivity index (χ0) is 29.7. The normalized spacial score (nSPS) is 19.4. The van der Waals surface area contributed by atoms with Crippen LogP contribution in [-0.2, 0) is 20.9 Å². The van der Waals surface area contributed by atoms with Crippen LogP contribution in [0, 0.1) is 11.7 Å². The third-order valence-electron chi connectivity index (χ3n) is 7.33. The molecule has 6 rings (SSSR count). The van der Waals surface area contributed by atoms with Crippen molar-refractivity contribution in [3.63, 3.8) is 0 Å². The van der Waals surface area contributed by atoms with Crippen molar-refractivity contribution >= 4 is 73.8 Å². The van der Waals surface area contributed by atoms with Gasteiger partial charge >= 0.3 is 4.87 Å². The number of nitrogens with one attached hydrogen (secondary N) is 1. The molecule has 3 amide bonds. The molecule has 3 unspecified atom stereocenters. The Morgan fingerprint density at radius 3 is 2.26 bits per heavy atom. The van der Waals surface area contributed by atoms with Crippen molar-refractivity contribution in [2.75, 3.05) is 29.2 Å². The number of halogens is 2. The standard InChI is InChI=1S/C30H24BrFN4O4S2/c1-34(2)20-11-3-16(4-12-20)23-24-25(28(39)36(27(24)38)21-13-5-17(31)6-14-21)41-29-26(23)42-30(40)35(29)15-22(37)33-19-9-7-18(32)8-10-19/h3-14,23-25H,15H2,1-2H3,(H,33,37). The minimum Gasteiger partial charge on any atom is -0.378 e. The first-order valence-corrected chi connectivity index (χ1v) is 15.5. The van der Waals surface area contributed by atoms with Gasteiger partial charge in [0, 0.05) is 40.7 Å². The molecule has 0 radical (unpaired) electrons. The van der Waals surface area contributed by atoms with Gasteiger partial charge in [0.1, 0.15) is 17.6 Å². The predicted molar refractivity (Wildman–Crippen MR) is 166 cm³/mol. The SMILES string of the molecule is CN(C)c1ccc(C2c3sc(=O)n(CC(=O)Nc4ccc(F)cc4)c3SC3C(=O)N(c4ccc(Br)cc4)C(=O)C32)cc1. The Hall–Kier alpha value is -3.74. The first-order valence-electron chi connectivity index (χ1n) is 13.0. The van der Waals surface area contributed by atoms with Crippen LogP contribution in [0.4, 0.5) is 21.5 Å². The lowest BCUT2D eigenvalue weighted by Gasteiger charge is -2.31. The van der Waals surface area contributed by atoms with E-state index < -0.39 is 28.8 Å². The van der Waals surface area contributed by atoms with Gasteiger partial charge in [-0.25, -0.2) is 9.29 Å². The molecule has 214 valence electrons. The number of imide groups is 1. The lowest BCUT2D eigenvalue weighted by molar-refractivity contribution is -0.122. The summed E-state index contributed by atoms with van der Waals surface area (Å²) in [5.74, 6) is -2.88. The lowest BCUT2D eigenvalue weighted by atomic mass is 9.83. The van der Waals surface area contributed by atoms with Gasteiger partial charge in [0.15, 0.2) is 0 Å². The number of thiazole rings is 1. The summed E-state index contributed by atoms with van der Waals surface area (Å²) >= 11 is 5.55. The van der Waals surface area contributed by atoms with Crippen LogP contribution in [0.15, 0.2) is 87.1 Å². The Labute approximate surface area is 257 Å². The largest absolute Gasteiger partial charge is 0.378 e. The molecule has 1 aromatic heterocycles. The third-order valence-corrected chi connectivity index (χ3v) is 10.5. The number of rotatable bonds is 6. The third kappa shape index (κ3) is 5.07. The molecule has 3 atom stereocenters. The number of thioether (sulfide) groups is 1. The van der Waals surface area contributed by atoms with E-state index in [1.807, 2.05) is 43.3 Å². The molecule has 42 heavy (non-hydrogen) atoms. The molecule has 3 heterocycles. The number of anilines is 3. The van der Waals surface area contributed by atoms with E-state index in [1.165, 1.54) is 33.7 Å². The van der Waals surface area contributed by atoms with Crippen molar-refractivity contribution in [2.24, 2.45) is 5.92 Å². The number of hydrogen-bond acceptors (Lipinski definition) is 7. The van der Waals surface area contributed by atoms with Crippen LogP contribution in [-0.4, -0.2) is 41.6 Å². The summed E-state index contributed by atoms with van der Waals surface area (Å²) in [6.07, 6.45) is 0. The number of nitrogens with zero attached hydrogens (tertiary/aromatic N) is 3. The molecule has 0 saturated carbocycles. The molecular formula is C30H24BrFN4O4S2. The van der Waals surface area contributed by atoms with Crippen molar-refractivity contribution in [3.8, 4) is 0 Å². The second kappa shape index (κ2) is 11.2. The fraction of sp³-hybridized carbons (Fsp3) is 0.200. The highest BCUT2D eigenvalue weighted by atomic mass is 79.9. The Morgan fingerprint density at radius 1 is 0.952 bits per heavy atom. The van der Waals surface area contributed by atoms with Gasteiger partial charge in [-0.15, -0.1) is 0 Å². The Balaban J connectivity index is 1.41. The van der Waals surface area contributed by atoms with Gasteiger partial charge in [-0.3, -0.25) is 23.7 Å². The molecule has 8 nitrogen and oxygen atoms in total. The molecule has 1 fully saturated rings. The number of aromatic nitrogens is 1. The highest BCUT2D eigenvalue weighted by Gasteiger charge is 2.56. The number of carbonyl (C=O) groups excluding carboxylic acids is 3. The van der Waals surface area contributed by atoms with Gasteiger partial charge in [0.05, 0.1) is 16.6 Å². The van der Waals surface area contributed by atoms with Crippen LogP contribution >= 0.6 is 39.0 Å². The highest BCUT2D eigenvalue weighted by Crippen LogP contribution is 2.54. The number of amides is 3. The van der Waals surface area contributed by atoms with Gasteiger partial charge in [-0.05, 0) is 66.2 Å². The van der Waals surface area contributed by atoms with E-state index in [4.69, 9.17) is 0 Å². The summed E-state index contributed by atoms with van der Waals surface area (Å²) in [5, 5.41) is 2.40. The highest BCUT2D eigenvalue weighted by molar-refractivity contribution is 9.10. The Morgan fingerprint density at radius 2 is 1.62 bits per heavy atom. The zero-order valence-electron chi connectivity index (χ0n) is 22.4. The fourth-order valence-electron chi connectivity index (χ4n) is 5.32. The van der Waals surface area contributed by atoms with Crippen LogP contribution in [0.2, 0.25) is 0 Å². The van der Waals surface area contributed by atoms with Gasteiger partial charge < -0.3 is 10.2 Å². The molecule has 2 aliphatic heterocycles. The van der Waals surface area contributed by atoms with Gasteiger partial charge in [0.25, 0.3) is 0 Å². The number of hydrogen-bond donors (Lipinski definition) is 1. The summed E-state index contributed by atoms with van der Waals surface area (Å²) in [6, 6.07) is 20.0. The average molecular weight is 668 g/mol. The predicted octanol–water partition coefficient (Wildman–Crippen LogP) is 5.31. The first-order chi connectivity index (χ1) is 20.1. The summed E-state index contributed by atoms with van der Waals surface area (Å²) in [4.78, 5) is 57.6. The van der Waals surface area contributed by atoms with E-state index in [0.717, 1.165) is 38.8 Å². The van der Waals surface area contributed by atoms with Crippen LogP contribution in [0.5, 0.6) is 0 Å². The smallest absolute Gasteiger partial charge is 0.308 e. The fourth-order valence-corrected chi connectivity index (χ4v) is 8.35. The molecular weight excluding hydrogens is 643 g/mol. The Kier molecular flexibility index (Phi) is 7.54. The van der Waals surface area contributed by atoms with Crippen molar-refractivity contribution in [1.29, 1.82) is 0 Å². The summed E-state index contributed by atoms with van der Waals surface area (Å²) < 4.78 is 15.5. The van der Waals surface area contributed by atoms with Gasteiger partial charge in [-0.2, -0.15) is 0 Å². The molecule has 12 heteroatoms. The zero-order valence-corrected chi connectivity index (χ0v) is 25.6. The molecule has 2 aliphatic rings. The maximum absolute atomic E-state index is 14.0. The molecule has 1 saturated heterocycles. The molecule has 4 aromatic rings. The molecule has 0 bridgehead atoms. The van der Waals surface area contributed by atoms with Crippen molar-refractivity contribution in [2.45, 2.75) is 22.7 Å². The van der Waals surface area contributed by atoms with E-state index >= 15 is 0 Å². The minimum atomic E-state index is -0.785. The number of carbonyl (C=O) groups is 3. The topological polar surface area (TPSA) is 91.7 Å². The second-order valence-electron chi connectivity index (χ2n) is 10.2. The van der Waals surface area contributed by atoms with Crippen molar-refractivity contribution in [1.82, 2.24) is 4.57 Å². The molecule has 0 spiro atoms. The first kappa shape index (κ1) is 28.4. The van der Waals surface area contributed by atoms with E-state index in [-0.39, 0.29) is 23.2 Å². The molecule has 0 aliphatic carbocycles. The van der Waals surface area contributed by atoms with E-state index in [0.29, 0.717) is 21.3 Å². The summed E-state index contributed by atoms with van der Waals surface area (Å²) in [7, 11) is 3.86. The van der Waals surface area contributed by atoms with E-state index in [1.54, 1.807) is 24.3 Å². The van der Waals surface area contributed by atoms with Crippen LogP contribution < -0.4 is 20.0 Å². The number of benzene rings is 3. The van der Waals surface area contributed by atoms with Crippen LogP contribution in [0.1, 0.15) is 16.4 Å². The Bertz CT molecular complexity index is 1750. The van der Waals surface area contributed by atoms with Crippen LogP contribution in [0.3, 0.4) is 0 Å². The quantitative estimate of drug-likeness (QED) is 0.281. The second-order valence-corrected chi connectivity index (χ2v) is 13.2. The average Bonchev–Trinajstić information content (AvgIpc) is 3.41. The van der Waals surface area contributed by atoms with Crippen LogP contribution in [0.25, 0.3) is 0 Å². The monoisotopic (exact) mass is 666 g/mol. The maximum Gasteiger partial charge on any atom is 0.308 e. The van der Waals surface area contributed by atoms with E-state index in [2.05, 4.69) is 21.2 Å². The summed E-state index contributed by atoms with van der Waals surface area (Å²) in [6.45, 7) is -0.294.